The highest BCUT2D eigenvalue weighted by molar-refractivity contribution is 5.35. The van der Waals surface area contributed by atoms with Crippen molar-refractivity contribution in [2.45, 2.75) is 32.7 Å². The average molecular weight is 338 g/mol. The summed E-state index contributed by atoms with van der Waals surface area (Å²) in [6.45, 7) is 9.02. The van der Waals surface area contributed by atoms with E-state index in [0.29, 0.717) is 6.04 Å². The van der Waals surface area contributed by atoms with Gasteiger partial charge in [0.25, 0.3) is 0 Å². The normalized spacial score (nSPS) is 16.8. The van der Waals surface area contributed by atoms with E-state index in [1.54, 1.807) is 0 Å². The molecule has 0 aromatic heterocycles. The Balaban J connectivity index is 1.78. The molecule has 25 heavy (non-hydrogen) atoms. The summed E-state index contributed by atoms with van der Waals surface area (Å²) in [6, 6.07) is 19.1. The molecule has 0 saturated carbocycles. The van der Waals surface area contributed by atoms with Crippen LogP contribution >= 0.6 is 0 Å². The summed E-state index contributed by atoms with van der Waals surface area (Å²) in [5, 5.41) is 3.46. The number of rotatable bonds is 7. The van der Waals surface area contributed by atoms with Crippen LogP contribution in [-0.4, -0.2) is 31.1 Å². The van der Waals surface area contributed by atoms with Gasteiger partial charge in [-0.05, 0) is 48.6 Å². The summed E-state index contributed by atoms with van der Waals surface area (Å²) in [5.41, 5.74) is 1.37. The minimum absolute atomic E-state index is 0.476. The fraction of sp³-hybridized carbons (Fsp3) is 0.455. The molecule has 1 saturated heterocycles. The molecule has 0 unspecified atom stereocenters. The molecule has 0 aliphatic carbocycles. The van der Waals surface area contributed by atoms with E-state index in [9.17, 15) is 0 Å². The van der Waals surface area contributed by atoms with Gasteiger partial charge in [-0.1, -0.05) is 44.2 Å². The van der Waals surface area contributed by atoms with Gasteiger partial charge in [0.15, 0.2) is 0 Å². The fourth-order valence-electron chi connectivity index (χ4n) is 3.45. The van der Waals surface area contributed by atoms with Crippen molar-refractivity contribution in [1.82, 2.24) is 10.2 Å². The Labute approximate surface area is 152 Å². The molecule has 0 amide bonds. The molecular weight excluding hydrogens is 308 g/mol. The molecule has 3 nitrogen and oxygen atoms in total. The Kier molecular flexibility index (Phi) is 6.48. The standard InChI is InChI=1S/C22H30N2O/c1-18(2)11-12-22(24-15-13-23-14-16-24)19-7-6-10-21(17-19)25-20-8-4-3-5-9-20/h3-10,17-18,22-23H,11-16H2,1-2H3/t22-/m1/s1. The third kappa shape index (κ3) is 5.32. The van der Waals surface area contributed by atoms with Crippen molar-refractivity contribution in [2.75, 3.05) is 26.2 Å². The van der Waals surface area contributed by atoms with Gasteiger partial charge in [-0.3, -0.25) is 4.90 Å². The van der Waals surface area contributed by atoms with Crippen molar-refractivity contribution in [3.63, 3.8) is 0 Å². The SMILES string of the molecule is CC(C)CC[C@H](c1cccc(Oc2ccccc2)c1)N1CCNCC1. The van der Waals surface area contributed by atoms with Gasteiger partial charge in [0.2, 0.25) is 0 Å². The van der Waals surface area contributed by atoms with Crippen LogP contribution in [0.3, 0.4) is 0 Å². The Morgan fingerprint density at radius 1 is 0.920 bits per heavy atom. The highest BCUT2D eigenvalue weighted by atomic mass is 16.5. The average Bonchev–Trinajstić information content (AvgIpc) is 2.64. The van der Waals surface area contributed by atoms with Crippen LogP contribution in [0.4, 0.5) is 0 Å². The van der Waals surface area contributed by atoms with Crippen LogP contribution in [-0.2, 0) is 0 Å². The predicted molar refractivity (Wildman–Crippen MR) is 104 cm³/mol. The highest BCUT2D eigenvalue weighted by Gasteiger charge is 2.22. The largest absolute Gasteiger partial charge is 0.457 e. The first-order valence-corrected chi connectivity index (χ1v) is 9.50. The predicted octanol–water partition coefficient (Wildman–Crippen LogP) is 4.86. The molecule has 3 heteroatoms. The van der Waals surface area contributed by atoms with E-state index in [1.165, 1.54) is 18.4 Å². The zero-order valence-corrected chi connectivity index (χ0v) is 15.4. The number of hydrogen-bond donors (Lipinski definition) is 1. The van der Waals surface area contributed by atoms with Crippen LogP contribution in [0.5, 0.6) is 11.5 Å². The third-order valence-corrected chi connectivity index (χ3v) is 4.83. The molecule has 1 aliphatic heterocycles. The minimum Gasteiger partial charge on any atom is -0.457 e. The quantitative estimate of drug-likeness (QED) is 0.780. The van der Waals surface area contributed by atoms with Gasteiger partial charge in [0.05, 0.1) is 0 Å². The Bertz CT molecular complexity index is 635. The maximum atomic E-state index is 6.05. The second-order valence-corrected chi connectivity index (χ2v) is 7.26. The Morgan fingerprint density at radius 2 is 1.64 bits per heavy atom. The lowest BCUT2D eigenvalue weighted by atomic mass is 9.95. The summed E-state index contributed by atoms with van der Waals surface area (Å²) in [5.74, 6) is 2.54. The van der Waals surface area contributed by atoms with E-state index in [1.807, 2.05) is 36.4 Å². The van der Waals surface area contributed by atoms with Gasteiger partial charge in [0, 0.05) is 32.2 Å². The van der Waals surface area contributed by atoms with Crippen LogP contribution in [0, 0.1) is 5.92 Å². The smallest absolute Gasteiger partial charge is 0.127 e. The number of nitrogens with zero attached hydrogens (tertiary/aromatic N) is 1. The first-order valence-electron chi connectivity index (χ1n) is 9.50. The van der Waals surface area contributed by atoms with Crippen molar-refractivity contribution in [1.29, 1.82) is 0 Å². The summed E-state index contributed by atoms with van der Waals surface area (Å²) in [7, 11) is 0. The molecule has 3 rings (SSSR count). The molecule has 1 heterocycles. The second kappa shape index (κ2) is 9.02. The molecule has 134 valence electrons. The molecule has 0 radical (unpaired) electrons. The van der Waals surface area contributed by atoms with Crippen molar-refractivity contribution in [3.8, 4) is 11.5 Å². The number of piperazine rings is 1. The van der Waals surface area contributed by atoms with Gasteiger partial charge in [-0.15, -0.1) is 0 Å². The Hall–Kier alpha value is -1.84. The molecule has 2 aromatic rings. The molecule has 1 fully saturated rings. The van der Waals surface area contributed by atoms with Crippen LogP contribution < -0.4 is 10.1 Å². The molecule has 0 bridgehead atoms. The van der Waals surface area contributed by atoms with Crippen LogP contribution in [0.1, 0.15) is 38.3 Å². The van der Waals surface area contributed by atoms with E-state index in [0.717, 1.165) is 43.6 Å². The van der Waals surface area contributed by atoms with E-state index in [4.69, 9.17) is 4.74 Å². The van der Waals surface area contributed by atoms with Crippen LogP contribution in [0.15, 0.2) is 54.6 Å². The van der Waals surface area contributed by atoms with E-state index in [2.05, 4.69) is 42.3 Å². The molecule has 1 N–H and O–H groups in total. The lowest BCUT2D eigenvalue weighted by Gasteiger charge is -2.35. The number of ether oxygens (including phenoxy) is 1. The number of nitrogens with one attached hydrogen (secondary N) is 1. The summed E-state index contributed by atoms with van der Waals surface area (Å²) in [6.07, 6.45) is 2.45. The maximum Gasteiger partial charge on any atom is 0.127 e. The highest BCUT2D eigenvalue weighted by Crippen LogP contribution is 2.31. The number of benzene rings is 2. The van der Waals surface area contributed by atoms with Gasteiger partial charge in [-0.25, -0.2) is 0 Å². The van der Waals surface area contributed by atoms with E-state index >= 15 is 0 Å². The molecule has 1 atom stereocenters. The first kappa shape index (κ1) is 18.0. The van der Waals surface area contributed by atoms with Crippen molar-refractivity contribution in [3.05, 3.63) is 60.2 Å². The van der Waals surface area contributed by atoms with Crippen molar-refractivity contribution in [2.24, 2.45) is 5.92 Å². The summed E-state index contributed by atoms with van der Waals surface area (Å²) >= 11 is 0. The number of para-hydroxylation sites is 1. The zero-order valence-electron chi connectivity index (χ0n) is 15.4. The fourth-order valence-corrected chi connectivity index (χ4v) is 3.45. The van der Waals surface area contributed by atoms with Gasteiger partial charge in [-0.2, -0.15) is 0 Å². The Morgan fingerprint density at radius 3 is 2.36 bits per heavy atom. The maximum absolute atomic E-state index is 6.05. The third-order valence-electron chi connectivity index (χ3n) is 4.83. The monoisotopic (exact) mass is 338 g/mol. The van der Waals surface area contributed by atoms with Crippen LogP contribution in [0.2, 0.25) is 0 Å². The first-order chi connectivity index (χ1) is 12.2. The van der Waals surface area contributed by atoms with Crippen molar-refractivity contribution >= 4 is 0 Å². The van der Waals surface area contributed by atoms with Gasteiger partial charge >= 0.3 is 0 Å². The second-order valence-electron chi connectivity index (χ2n) is 7.26. The molecule has 1 aliphatic rings. The van der Waals surface area contributed by atoms with Crippen molar-refractivity contribution < 1.29 is 4.74 Å². The summed E-state index contributed by atoms with van der Waals surface area (Å²) < 4.78 is 6.05. The molecule has 0 spiro atoms. The zero-order chi connectivity index (χ0) is 17.5. The van der Waals surface area contributed by atoms with Gasteiger partial charge in [0.1, 0.15) is 11.5 Å². The summed E-state index contributed by atoms with van der Waals surface area (Å²) in [4.78, 5) is 2.63. The van der Waals surface area contributed by atoms with Crippen LogP contribution in [0.25, 0.3) is 0 Å². The van der Waals surface area contributed by atoms with Gasteiger partial charge < -0.3 is 10.1 Å². The number of hydrogen-bond acceptors (Lipinski definition) is 3. The lowest BCUT2D eigenvalue weighted by molar-refractivity contribution is 0.159. The van der Waals surface area contributed by atoms with E-state index in [-0.39, 0.29) is 0 Å². The molecular formula is C22H30N2O. The van der Waals surface area contributed by atoms with E-state index < -0.39 is 0 Å². The lowest BCUT2D eigenvalue weighted by Crippen LogP contribution is -2.45. The molecule has 2 aromatic carbocycles. The topological polar surface area (TPSA) is 24.5 Å². The minimum atomic E-state index is 0.476.